The third-order valence-electron chi connectivity index (χ3n) is 4.19. The number of ether oxygens (including phenoxy) is 2. The molecule has 2 heterocycles. The molecule has 1 saturated heterocycles. The van der Waals surface area contributed by atoms with Crippen LogP contribution < -0.4 is 4.74 Å². The standard InChI is InChI=1S/C17H23N3O2/c1-13-8-16(21-3)5-4-14(13)11-20-6-7-22-17(12-20)15-9-18-19(2)10-15/h4-5,8-10,17H,6-7,11-12H2,1-3H3. The van der Waals surface area contributed by atoms with Gasteiger partial charge in [0, 0.05) is 38.4 Å². The zero-order valence-corrected chi connectivity index (χ0v) is 13.5. The lowest BCUT2D eigenvalue weighted by Gasteiger charge is -2.32. The number of aryl methyl sites for hydroxylation is 2. The first kappa shape index (κ1) is 15.1. The Morgan fingerprint density at radius 3 is 2.95 bits per heavy atom. The van der Waals surface area contributed by atoms with Crippen LogP contribution in [0.5, 0.6) is 5.75 Å². The molecule has 2 aromatic rings. The first-order chi connectivity index (χ1) is 10.7. The molecule has 0 N–H and O–H groups in total. The van der Waals surface area contributed by atoms with Gasteiger partial charge in [-0.15, -0.1) is 0 Å². The molecule has 0 spiro atoms. The molecule has 0 amide bonds. The average molecular weight is 301 g/mol. The van der Waals surface area contributed by atoms with Crippen LogP contribution in [-0.4, -0.2) is 41.5 Å². The van der Waals surface area contributed by atoms with E-state index in [4.69, 9.17) is 9.47 Å². The van der Waals surface area contributed by atoms with Crippen molar-refractivity contribution in [3.63, 3.8) is 0 Å². The molecule has 0 bridgehead atoms. The van der Waals surface area contributed by atoms with E-state index in [0.29, 0.717) is 0 Å². The lowest BCUT2D eigenvalue weighted by molar-refractivity contribution is -0.0330. The summed E-state index contributed by atoms with van der Waals surface area (Å²) >= 11 is 0. The molecule has 1 aliphatic heterocycles. The van der Waals surface area contributed by atoms with Crippen LogP contribution in [0.1, 0.15) is 22.8 Å². The van der Waals surface area contributed by atoms with E-state index in [0.717, 1.165) is 37.6 Å². The van der Waals surface area contributed by atoms with E-state index in [1.54, 1.807) is 7.11 Å². The van der Waals surface area contributed by atoms with Crippen molar-refractivity contribution in [3.8, 4) is 5.75 Å². The minimum atomic E-state index is 0.112. The SMILES string of the molecule is COc1ccc(CN2CCOC(c3cnn(C)c3)C2)c(C)c1. The van der Waals surface area contributed by atoms with Crippen LogP contribution >= 0.6 is 0 Å². The summed E-state index contributed by atoms with van der Waals surface area (Å²) in [4.78, 5) is 2.44. The summed E-state index contributed by atoms with van der Waals surface area (Å²) in [7, 11) is 3.64. The second-order valence-electron chi connectivity index (χ2n) is 5.83. The smallest absolute Gasteiger partial charge is 0.119 e. The van der Waals surface area contributed by atoms with E-state index < -0.39 is 0 Å². The van der Waals surface area contributed by atoms with Gasteiger partial charge in [0.25, 0.3) is 0 Å². The second-order valence-corrected chi connectivity index (χ2v) is 5.83. The Kier molecular flexibility index (Phi) is 4.45. The Morgan fingerprint density at radius 1 is 1.41 bits per heavy atom. The van der Waals surface area contributed by atoms with E-state index in [1.807, 2.05) is 30.2 Å². The van der Waals surface area contributed by atoms with Crippen molar-refractivity contribution < 1.29 is 9.47 Å². The van der Waals surface area contributed by atoms with Crippen molar-refractivity contribution in [2.45, 2.75) is 19.6 Å². The Labute approximate surface area is 131 Å². The first-order valence-corrected chi connectivity index (χ1v) is 7.61. The number of rotatable bonds is 4. The molecule has 1 atom stereocenters. The molecule has 1 aromatic carbocycles. The Morgan fingerprint density at radius 2 is 2.27 bits per heavy atom. The highest BCUT2D eigenvalue weighted by atomic mass is 16.5. The zero-order valence-electron chi connectivity index (χ0n) is 13.5. The van der Waals surface area contributed by atoms with Crippen LogP contribution in [0.2, 0.25) is 0 Å². The molecule has 118 valence electrons. The fourth-order valence-electron chi connectivity index (χ4n) is 2.87. The van der Waals surface area contributed by atoms with Crippen LogP contribution in [-0.2, 0) is 18.3 Å². The normalized spacial score (nSPS) is 19.3. The number of nitrogens with zero attached hydrogens (tertiary/aromatic N) is 3. The van der Waals surface area contributed by atoms with E-state index in [1.165, 1.54) is 11.1 Å². The third-order valence-corrected chi connectivity index (χ3v) is 4.19. The number of hydrogen-bond donors (Lipinski definition) is 0. The molecule has 3 rings (SSSR count). The molecule has 5 heteroatoms. The molecule has 0 radical (unpaired) electrons. The minimum Gasteiger partial charge on any atom is -0.497 e. The number of benzene rings is 1. The molecule has 1 aromatic heterocycles. The van der Waals surface area contributed by atoms with Gasteiger partial charge in [-0.1, -0.05) is 6.07 Å². The summed E-state index contributed by atoms with van der Waals surface area (Å²) in [6.07, 6.45) is 4.04. The van der Waals surface area contributed by atoms with Crippen LogP contribution in [0.25, 0.3) is 0 Å². The summed E-state index contributed by atoms with van der Waals surface area (Å²) in [6, 6.07) is 6.28. The zero-order chi connectivity index (χ0) is 15.5. The monoisotopic (exact) mass is 301 g/mol. The largest absolute Gasteiger partial charge is 0.497 e. The Balaban J connectivity index is 1.67. The fourth-order valence-corrected chi connectivity index (χ4v) is 2.87. The molecule has 1 unspecified atom stereocenters. The predicted molar refractivity (Wildman–Crippen MR) is 84.9 cm³/mol. The van der Waals surface area contributed by atoms with Gasteiger partial charge in [-0.25, -0.2) is 0 Å². The van der Waals surface area contributed by atoms with Gasteiger partial charge in [0.05, 0.1) is 26.0 Å². The Hall–Kier alpha value is -1.85. The molecule has 5 nitrogen and oxygen atoms in total. The maximum atomic E-state index is 5.90. The number of methoxy groups -OCH3 is 1. The van der Waals surface area contributed by atoms with Gasteiger partial charge in [0.2, 0.25) is 0 Å². The molecular formula is C17H23N3O2. The van der Waals surface area contributed by atoms with Crippen LogP contribution in [0.15, 0.2) is 30.6 Å². The van der Waals surface area contributed by atoms with Gasteiger partial charge in [-0.05, 0) is 30.2 Å². The van der Waals surface area contributed by atoms with Gasteiger partial charge >= 0.3 is 0 Å². The summed E-state index contributed by atoms with van der Waals surface area (Å²) in [5.74, 6) is 0.913. The van der Waals surface area contributed by atoms with Gasteiger partial charge in [0.1, 0.15) is 5.75 Å². The van der Waals surface area contributed by atoms with E-state index in [2.05, 4.69) is 29.1 Å². The summed E-state index contributed by atoms with van der Waals surface area (Å²) in [5.41, 5.74) is 3.76. The molecule has 1 fully saturated rings. The number of aromatic nitrogens is 2. The summed E-state index contributed by atoms with van der Waals surface area (Å²) in [5, 5.41) is 4.24. The first-order valence-electron chi connectivity index (χ1n) is 7.61. The third kappa shape index (κ3) is 3.31. The lowest BCUT2D eigenvalue weighted by Crippen LogP contribution is -2.37. The van der Waals surface area contributed by atoms with Crippen LogP contribution in [0, 0.1) is 6.92 Å². The number of morpholine rings is 1. The van der Waals surface area contributed by atoms with Crippen molar-refractivity contribution in [2.75, 3.05) is 26.8 Å². The second kappa shape index (κ2) is 6.50. The highest BCUT2D eigenvalue weighted by molar-refractivity contribution is 5.34. The van der Waals surface area contributed by atoms with Crippen molar-refractivity contribution in [2.24, 2.45) is 7.05 Å². The fraction of sp³-hybridized carbons (Fsp3) is 0.471. The maximum absolute atomic E-state index is 5.90. The lowest BCUT2D eigenvalue weighted by atomic mass is 10.1. The minimum absolute atomic E-state index is 0.112. The van der Waals surface area contributed by atoms with Gasteiger partial charge in [-0.2, -0.15) is 5.10 Å². The molecular weight excluding hydrogens is 278 g/mol. The van der Waals surface area contributed by atoms with Crippen molar-refractivity contribution in [3.05, 3.63) is 47.3 Å². The summed E-state index contributed by atoms with van der Waals surface area (Å²) in [6.45, 7) is 5.70. The van der Waals surface area contributed by atoms with Crippen LogP contribution in [0.3, 0.4) is 0 Å². The summed E-state index contributed by atoms with van der Waals surface area (Å²) < 4.78 is 13.0. The molecule has 0 saturated carbocycles. The molecule has 1 aliphatic rings. The van der Waals surface area contributed by atoms with Gasteiger partial charge in [-0.3, -0.25) is 9.58 Å². The van der Waals surface area contributed by atoms with Gasteiger partial charge < -0.3 is 9.47 Å². The molecule has 22 heavy (non-hydrogen) atoms. The highest BCUT2D eigenvalue weighted by Gasteiger charge is 2.23. The van der Waals surface area contributed by atoms with E-state index in [9.17, 15) is 0 Å². The van der Waals surface area contributed by atoms with Crippen molar-refractivity contribution in [1.82, 2.24) is 14.7 Å². The highest BCUT2D eigenvalue weighted by Crippen LogP contribution is 2.24. The van der Waals surface area contributed by atoms with Crippen molar-refractivity contribution >= 4 is 0 Å². The topological polar surface area (TPSA) is 39.5 Å². The van der Waals surface area contributed by atoms with E-state index in [-0.39, 0.29) is 6.10 Å². The predicted octanol–water partition coefficient (Wildman–Crippen LogP) is 2.31. The van der Waals surface area contributed by atoms with Crippen LogP contribution in [0.4, 0.5) is 0 Å². The van der Waals surface area contributed by atoms with Gasteiger partial charge in [0.15, 0.2) is 0 Å². The Bertz CT molecular complexity index is 639. The maximum Gasteiger partial charge on any atom is 0.119 e. The quantitative estimate of drug-likeness (QED) is 0.869. The van der Waals surface area contributed by atoms with Crippen molar-refractivity contribution in [1.29, 1.82) is 0 Å². The average Bonchev–Trinajstić information content (AvgIpc) is 2.96. The molecule has 0 aliphatic carbocycles. The number of hydrogen-bond acceptors (Lipinski definition) is 4. The van der Waals surface area contributed by atoms with E-state index >= 15 is 0 Å².